The Morgan fingerprint density at radius 2 is 1.50 bits per heavy atom. The van der Waals surface area contributed by atoms with E-state index in [1.54, 1.807) is 0 Å². The van der Waals surface area contributed by atoms with Gasteiger partial charge < -0.3 is 30.3 Å². The van der Waals surface area contributed by atoms with Crippen LogP contribution in [0.15, 0.2) is 0 Å². The van der Waals surface area contributed by atoms with Gasteiger partial charge in [0.1, 0.15) is 24.4 Å². The Labute approximate surface area is 68.6 Å². The van der Waals surface area contributed by atoms with Crippen molar-refractivity contribution in [3.63, 3.8) is 0 Å². The SMILES string of the molecule is OCC1O[C@@H](O)C(O)[C@@H](O)C1O. The first-order valence-electron chi connectivity index (χ1n) is 3.56. The van der Waals surface area contributed by atoms with E-state index < -0.39 is 37.3 Å². The van der Waals surface area contributed by atoms with E-state index in [4.69, 9.17) is 25.5 Å². The number of rotatable bonds is 1. The lowest BCUT2D eigenvalue weighted by Crippen LogP contribution is -2.58. The van der Waals surface area contributed by atoms with Gasteiger partial charge in [0.2, 0.25) is 0 Å². The van der Waals surface area contributed by atoms with Gasteiger partial charge in [-0.1, -0.05) is 0 Å². The average molecular weight is 180 g/mol. The molecule has 0 bridgehead atoms. The van der Waals surface area contributed by atoms with E-state index in [1.165, 1.54) is 0 Å². The minimum absolute atomic E-state index is 0.526. The normalized spacial score (nSPS) is 49.2. The number of hydrogen-bond acceptors (Lipinski definition) is 6. The van der Waals surface area contributed by atoms with Gasteiger partial charge in [-0.25, -0.2) is 0 Å². The van der Waals surface area contributed by atoms with Gasteiger partial charge in [-0.15, -0.1) is 0 Å². The average Bonchev–Trinajstić information content (AvgIpc) is 2.08. The van der Waals surface area contributed by atoms with Crippen molar-refractivity contribution in [3.8, 4) is 0 Å². The van der Waals surface area contributed by atoms with Crippen LogP contribution in [0.2, 0.25) is 0 Å². The predicted molar refractivity (Wildman–Crippen MR) is 36.0 cm³/mol. The van der Waals surface area contributed by atoms with Crippen LogP contribution in [0.1, 0.15) is 0 Å². The lowest BCUT2D eigenvalue weighted by molar-refractivity contribution is -0.286. The van der Waals surface area contributed by atoms with Gasteiger partial charge in [-0.3, -0.25) is 0 Å². The minimum Gasteiger partial charge on any atom is -0.394 e. The third kappa shape index (κ3) is 1.58. The molecule has 1 fully saturated rings. The van der Waals surface area contributed by atoms with E-state index >= 15 is 0 Å². The van der Waals surface area contributed by atoms with E-state index in [0.717, 1.165) is 0 Å². The second kappa shape index (κ2) is 3.65. The molecule has 1 aliphatic heterocycles. The fourth-order valence-corrected chi connectivity index (χ4v) is 1.08. The van der Waals surface area contributed by atoms with Crippen LogP contribution in [0.5, 0.6) is 0 Å². The standard InChI is InChI=1S/C6H12O6/c7-1-2-3(8)4(9)5(10)6(11)12-2/h2-11H,1H2/t2?,3?,4-,5?,6+/m0/s1. The van der Waals surface area contributed by atoms with E-state index in [-0.39, 0.29) is 0 Å². The molecule has 0 aromatic rings. The van der Waals surface area contributed by atoms with Crippen molar-refractivity contribution in [2.75, 3.05) is 6.61 Å². The molecule has 12 heavy (non-hydrogen) atoms. The lowest BCUT2D eigenvalue weighted by Gasteiger charge is -2.37. The fourth-order valence-electron chi connectivity index (χ4n) is 1.08. The van der Waals surface area contributed by atoms with Crippen LogP contribution in [0.25, 0.3) is 0 Å². The summed E-state index contributed by atoms with van der Waals surface area (Å²) in [6, 6.07) is 0. The van der Waals surface area contributed by atoms with Gasteiger partial charge in [0.05, 0.1) is 6.61 Å². The van der Waals surface area contributed by atoms with Crippen LogP contribution < -0.4 is 0 Å². The first-order valence-corrected chi connectivity index (χ1v) is 3.56. The number of hydrogen-bond donors (Lipinski definition) is 5. The van der Waals surface area contributed by atoms with E-state index in [1.807, 2.05) is 0 Å². The Hall–Kier alpha value is -0.240. The molecule has 5 N–H and O–H groups in total. The number of aliphatic hydroxyl groups is 5. The largest absolute Gasteiger partial charge is 0.394 e. The maximum Gasteiger partial charge on any atom is 0.184 e. The zero-order chi connectivity index (χ0) is 9.30. The van der Waals surface area contributed by atoms with Crippen LogP contribution in [-0.2, 0) is 4.74 Å². The predicted octanol–water partition coefficient (Wildman–Crippen LogP) is -3.22. The summed E-state index contributed by atoms with van der Waals surface area (Å²) in [5.74, 6) is 0. The molecule has 1 aliphatic rings. The maximum absolute atomic E-state index is 9.12. The summed E-state index contributed by atoms with van der Waals surface area (Å²) in [5, 5.41) is 44.7. The molecule has 0 radical (unpaired) electrons. The second-order valence-electron chi connectivity index (χ2n) is 2.72. The van der Waals surface area contributed by atoms with E-state index in [9.17, 15) is 0 Å². The summed E-state index contributed by atoms with van der Waals surface area (Å²) < 4.78 is 4.58. The summed E-state index contributed by atoms with van der Waals surface area (Å²) >= 11 is 0. The third-order valence-corrected chi connectivity index (χ3v) is 1.87. The molecule has 1 saturated heterocycles. The summed E-state index contributed by atoms with van der Waals surface area (Å²) in [5.41, 5.74) is 0. The van der Waals surface area contributed by atoms with Gasteiger partial charge in [0, 0.05) is 0 Å². The fraction of sp³-hybridized carbons (Fsp3) is 1.00. The van der Waals surface area contributed by atoms with Crippen LogP contribution in [-0.4, -0.2) is 62.8 Å². The summed E-state index contributed by atoms with van der Waals surface area (Å²) in [6.45, 7) is -0.526. The molecule has 0 aliphatic carbocycles. The van der Waals surface area contributed by atoms with Crippen molar-refractivity contribution in [2.24, 2.45) is 0 Å². The summed E-state index contributed by atoms with van der Waals surface area (Å²) in [7, 11) is 0. The maximum atomic E-state index is 9.12. The molecule has 1 heterocycles. The molecular formula is C6H12O6. The van der Waals surface area contributed by atoms with Crippen LogP contribution in [0, 0.1) is 0 Å². The van der Waals surface area contributed by atoms with Gasteiger partial charge in [-0.2, -0.15) is 0 Å². The quantitative estimate of drug-likeness (QED) is 0.290. The van der Waals surface area contributed by atoms with Gasteiger partial charge in [-0.05, 0) is 0 Å². The van der Waals surface area contributed by atoms with E-state index in [2.05, 4.69) is 4.74 Å². The molecule has 0 saturated carbocycles. The van der Waals surface area contributed by atoms with Crippen molar-refractivity contribution >= 4 is 0 Å². The smallest absolute Gasteiger partial charge is 0.184 e. The van der Waals surface area contributed by atoms with Gasteiger partial charge in [0.25, 0.3) is 0 Å². The van der Waals surface area contributed by atoms with Crippen LogP contribution >= 0.6 is 0 Å². The minimum atomic E-state index is -1.57. The molecule has 0 aromatic heterocycles. The Balaban J connectivity index is 2.63. The molecule has 0 amide bonds. The first kappa shape index (κ1) is 9.85. The second-order valence-corrected chi connectivity index (χ2v) is 2.72. The molecule has 3 unspecified atom stereocenters. The molecule has 72 valence electrons. The third-order valence-electron chi connectivity index (χ3n) is 1.87. The molecule has 6 heteroatoms. The molecule has 0 spiro atoms. The number of ether oxygens (including phenoxy) is 1. The van der Waals surface area contributed by atoms with Crippen molar-refractivity contribution in [1.29, 1.82) is 0 Å². The van der Waals surface area contributed by atoms with Crippen molar-refractivity contribution in [3.05, 3.63) is 0 Å². The van der Waals surface area contributed by atoms with Gasteiger partial charge >= 0.3 is 0 Å². The van der Waals surface area contributed by atoms with Crippen LogP contribution in [0.4, 0.5) is 0 Å². The Kier molecular flexibility index (Phi) is 2.99. The van der Waals surface area contributed by atoms with Crippen LogP contribution in [0.3, 0.4) is 0 Å². The molecule has 1 rings (SSSR count). The molecular weight excluding hydrogens is 168 g/mol. The Morgan fingerprint density at radius 1 is 0.917 bits per heavy atom. The highest BCUT2D eigenvalue weighted by atomic mass is 16.6. The zero-order valence-electron chi connectivity index (χ0n) is 6.24. The van der Waals surface area contributed by atoms with Crippen molar-refractivity contribution in [1.82, 2.24) is 0 Å². The highest BCUT2D eigenvalue weighted by Crippen LogP contribution is 2.18. The Morgan fingerprint density at radius 3 is 2.00 bits per heavy atom. The van der Waals surface area contributed by atoms with Crippen molar-refractivity contribution in [2.45, 2.75) is 30.7 Å². The summed E-state index contributed by atoms with van der Waals surface area (Å²) in [6.07, 6.45) is -7.04. The molecule has 6 nitrogen and oxygen atoms in total. The lowest BCUT2D eigenvalue weighted by atomic mass is 10.00. The monoisotopic (exact) mass is 180 g/mol. The topological polar surface area (TPSA) is 110 Å². The zero-order valence-corrected chi connectivity index (χ0v) is 6.24. The molecule has 5 atom stereocenters. The van der Waals surface area contributed by atoms with Gasteiger partial charge in [0.15, 0.2) is 6.29 Å². The number of aliphatic hydroxyl groups excluding tert-OH is 5. The highest BCUT2D eigenvalue weighted by molar-refractivity contribution is 4.87. The summed E-state index contributed by atoms with van der Waals surface area (Å²) in [4.78, 5) is 0. The van der Waals surface area contributed by atoms with Crippen molar-refractivity contribution < 1.29 is 30.3 Å². The first-order chi connectivity index (χ1) is 5.57. The molecule has 0 aromatic carbocycles. The van der Waals surface area contributed by atoms with E-state index in [0.29, 0.717) is 0 Å². The highest BCUT2D eigenvalue weighted by Gasteiger charge is 2.42. The Bertz CT molecular complexity index is 146.